The lowest BCUT2D eigenvalue weighted by atomic mass is 10.0. The molecular formula is C9H10ClF2NO. The number of benzene rings is 1. The third-order valence-electron chi connectivity index (χ3n) is 2.11. The Labute approximate surface area is 86.5 Å². The molecule has 0 aromatic heterocycles. The Hall–Kier alpha value is -0.870. The van der Waals surface area contributed by atoms with Gasteiger partial charge in [-0.15, -0.1) is 12.4 Å². The molecule has 1 aromatic carbocycles. The molecule has 2 N–H and O–H groups in total. The average molecular weight is 222 g/mol. The Bertz CT molecular complexity index is 346. The first kappa shape index (κ1) is 11.2. The molecule has 0 fully saturated rings. The minimum Gasteiger partial charge on any atom is -0.493 e. The second-order valence-electron chi connectivity index (χ2n) is 3.04. The number of hydrogen-bond donors (Lipinski definition) is 1. The molecule has 2 rings (SSSR count). The fourth-order valence-electron chi connectivity index (χ4n) is 1.48. The minimum atomic E-state index is -0.634. The largest absolute Gasteiger partial charge is 0.493 e. The summed E-state index contributed by atoms with van der Waals surface area (Å²) in [6, 6.07) is 1.61. The number of halogens is 3. The van der Waals surface area contributed by atoms with E-state index in [9.17, 15) is 8.78 Å². The molecule has 2 nitrogen and oxygen atoms in total. The SMILES string of the molecule is Cl.N[C@H]1CCOc2cc(F)cc(F)c21. The van der Waals surface area contributed by atoms with Crippen LogP contribution < -0.4 is 10.5 Å². The van der Waals surface area contributed by atoms with Crippen LogP contribution in [0.5, 0.6) is 5.75 Å². The first-order valence-electron chi connectivity index (χ1n) is 4.06. The van der Waals surface area contributed by atoms with Gasteiger partial charge in [-0.05, 0) is 0 Å². The Morgan fingerprint density at radius 3 is 2.79 bits per heavy atom. The average Bonchev–Trinajstić information content (AvgIpc) is 2.02. The third kappa shape index (κ3) is 1.81. The van der Waals surface area contributed by atoms with Gasteiger partial charge >= 0.3 is 0 Å². The maximum absolute atomic E-state index is 13.2. The van der Waals surface area contributed by atoms with Gasteiger partial charge in [-0.25, -0.2) is 8.78 Å². The smallest absolute Gasteiger partial charge is 0.134 e. The number of nitrogens with two attached hydrogens (primary N) is 1. The first-order valence-corrected chi connectivity index (χ1v) is 4.06. The van der Waals surface area contributed by atoms with Gasteiger partial charge in [0.2, 0.25) is 0 Å². The normalized spacial score (nSPS) is 19.2. The van der Waals surface area contributed by atoms with E-state index in [2.05, 4.69) is 0 Å². The quantitative estimate of drug-likeness (QED) is 0.729. The summed E-state index contributed by atoms with van der Waals surface area (Å²) in [6.45, 7) is 0.414. The number of ether oxygens (including phenoxy) is 1. The highest BCUT2D eigenvalue weighted by Gasteiger charge is 2.22. The molecule has 1 atom stereocenters. The summed E-state index contributed by atoms with van der Waals surface area (Å²) in [5.41, 5.74) is 5.94. The zero-order valence-electron chi connectivity index (χ0n) is 7.30. The lowest BCUT2D eigenvalue weighted by Crippen LogP contribution is -2.22. The summed E-state index contributed by atoms with van der Waals surface area (Å²) in [7, 11) is 0. The van der Waals surface area contributed by atoms with Crippen LogP contribution in [0.25, 0.3) is 0 Å². The lowest BCUT2D eigenvalue weighted by Gasteiger charge is -2.23. The van der Waals surface area contributed by atoms with Crippen LogP contribution in [0.2, 0.25) is 0 Å². The van der Waals surface area contributed by atoms with E-state index < -0.39 is 11.6 Å². The van der Waals surface area contributed by atoms with Gasteiger partial charge in [0.25, 0.3) is 0 Å². The van der Waals surface area contributed by atoms with Crippen LogP contribution in [0.4, 0.5) is 8.78 Å². The van der Waals surface area contributed by atoms with Crippen molar-refractivity contribution in [2.75, 3.05) is 6.61 Å². The lowest BCUT2D eigenvalue weighted by molar-refractivity contribution is 0.262. The van der Waals surface area contributed by atoms with Crippen molar-refractivity contribution in [1.29, 1.82) is 0 Å². The standard InChI is InChI=1S/C9H9F2NO.ClH/c10-5-3-6(11)9-7(12)1-2-13-8(9)4-5;/h3-4,7H,1-2,12H2;1H/t7-;/m0./s1. The Balaban J connectivity index is 0.000000980. The fraction of sp³-hybridized carbons (Fsp3) is 0.333. The van der Waals surface area contributed by atoms with Gasteiger partial charge in [0.15, 0.2) is 0 Å². The zero-order valence-corrected chi connectivity index (χ0v) is 8.11. The number of fused-ring (bicyclic) bond motifs is 1. The Morgan fingerprint density at radius 1 is 1.36 bits per heavy atom. The number of rotatable bonds is 0. The predicted molar refractivity (Wildman–Crippen MR) is 50.6 cm³/mol. The monoisotopic (exact) mass is 221 g/mol. The second kappa shape index (κ2) is 4.11. The van der Waals surface area contributed by atoms with Gasteiger partial charge in [0.05, 0.1) is 6.61 Å². The van der Waals surface area contributed by atoms with E-state index in [-0.39, 0.29) is 29.8 Å². The molecule has 1 aliphatic rings. The van der Waals surface area contributed by atoms with Crippen molar-refractivity contribution >= 4 is 12.4 Å². The van der Waals surface area contributed by atoms with Crippen molar-refractivity contribution < 1.29 is 13.5 Å². The van der Waals surface area contributed by atoms with Gasteiger partial charge in [0.1, 0.15) is 17.4 Å². The molecule has 1 aromatic rings. The van der Waals surface area contributed by atoms with Crippen molar-refractivity contribution in [3.05, 3.63) is 29.3 Å². The summed E-state index contributed by atoms with van der Waals surface area (Å²) in [6.07, 6.45) is 0.565. The highest BCUT2D eigenvalue weighted by molar-refractivity contribution is 5.85. The Morgan fingerprint density at radius 2 is 2.07 bits per heavy atom. The van der Waals surface area contributed by atoms with Crippen molar-refractivity contribution in [2.24, 2.45) is 5.73 Å². The highest BCUT2D eigenvalue weighted by Crippen LogP contribution is 2.33. The second-order valence-corrected chi connectivity index (χ2v) is 3.04. The molecule has 0 spiro atoms. The molecule has 0 saturated heterocycles. The van der Waals surface area contributed by atoms with Crippen molar-refractivity contribution in [1.82, 2.24) is 0 Å². The van der Waals surface area contributed by atoms with Gasteiger partial charge in [-0.1, -0.05) is 0 Å². The van der Waals surface area contributed by atoms with Crippen molar-refractivity contribution in [2.45, 2.75) is 12.5 Å². The molecule has 1 heterocycles. The molecule has 0 radical (unpaired) electrons. The fourth-order valence-corrected chi connectivity index (χ4v) is 1.48. The maximum atomic E-state index is 13.2. The summed E-state index contributed by atoms with van der Waals surface area (Å²) in [5, 5.41) is 0. The van der Waals surface area contributed by atoms with Crippen LogP contribution in [0, 0.1) is 11.6 Å². The maximum Gasteiger partial charge on any atom is 0.134 e. The van der Waals surface area contributed by atoms with Crippen LogP contribution in [0.15, 0.2) is 12.1 Å². The molecule has 0 aliphatic carbocycles. The molecule has 0 amide bonds. The summed E-state index contributed by atoms with van der Waals surface area (Å²) >= 11 is 0. The highest BCUT2D eigenvalue weighted by atomic mass is 35.5. The van der Waals surface area contributed by atoms with Crippen LogP contribution in [0.3, 0.4) is 0 Å². The van der Waals surface area contributed by atoms with Crippen LogP contribution in [-0.4, -0.2) is 6.61 Å². The molecule has 14 heavy (non-hydrogen) atoms. The molecule has 5 heteroatoms. The van der Waals surface area contributed by atoms with Crippen molar-refractivity contribution in [3.63, 3.8) is 0 Å². The Kier molecular flexibility index (Phi) is 3.29. The van der Waals surface area contributed by atoms with Crippen LogP contribution in [0.1, 0.15) is 18.0 Å². The van der Waals surface area contributed by atoms with Crippen molar-refractivity contribution in [3.8, 4) is 5.75 Å². The topological polar surface area (TPSA) is 35.2 Å². The molecule has 78 valence electrons. The summed E-state index contributed by atoms with van der Waals surface area (Å²) in [5.74, 6) is -1.02. The summed E-state index contributed by atoms with van der Waals surface area (Å²) < 4.78 is 31.0. The van der Waals surface area contributed by atoms with Crippen LogP contribution in [-0.2, 0) is 0 Å². The zero-order chi connectivity index (χ0) is 9.42. The number of hydrogen-bond acceptors (Lipinski definition) is 2. The van der Waals surface area contributed by atoms with Gasteiger partial charge in [-0.2, -0.15) is 0 Å². The van der Waals surface area contributed by atoms with E-state index in [4.69, 9.17) is 10.5 Å². The van der Waals surface area contributed by atoms with Crippen LogP contribution >= 0.6 is 12.4 Å². The molecular weight excluding hydrogens is 212 g/mol. The van der Waals surface area contributed by atoms with E-state index in [1.165, 1.54) is 0 Å². The van der Waals surface area contributed by atoms with E-state index in [1.807, 2.05) is 0 Å². The van der Waals surface area contributed by atoms with Gasteiger partial charge in [0, 0.05) is 30.2 Å². The minimum absolute atomic E-state index is 0. The molecule has 0 unspecified atom stereocenters. The van der Waals surface area contributed by atoms with E-state index >= 15 is 0 Å². The van der Waals surface area contributed by atoms with Gasteiger partial charge < -0.3 is 10.5 Å². The molecule has 0 saturated carbocycles. The van der Waals surface area contributed by atoms with Gasteiger partial charge in [-0.3, -0.25) is 0 Å². The van der Waals surface area contributed by atoms with E-state index in [0.717, 1.165) is 12.1 Å². The van der Waals surface area contributed by atoms with E-state index in [0.29, 0.717) is 13.0 Å². The van der Waals surface area contributed by atoms with E-state index in [1.54, 1.807) is 0 Å². The molecule has 1 aliphatic heterocycles. The summed E-state index contributed by atoms with van der Waals surface area (Å²) in [4.78, 5) is 0. The predicted octanol–water partition coefficient (Wildman–Crippen LogP) is 2.17. The molecule has 0 bridgehead atoms. The first-order chi connectivity index (χ1) is 6.18. The third-order valence-corrected chi connectivity index (χ3v) is 2.11.